The van der Waals surface area contributed by atoms with E-state index in [1.807, 2.05) is 36.6 Å². The molecule has 10 heteroatoms. The molecular formula is C19H16N4O4S2. The van der Waals surface area contributed by atoms with E-state index in [-0.39, 0.29) is 17.8 Å². The van der Waals surface area contributed by atoms with E-state index < -0.39 is 16.7 Å². The number of thiazole rings is 1. The number of rotatable bonds is 5. The summed E-state index contributed by atoms with van der Waals surface area (Å²) in [5.41, 5.74) is 7.27. The average Bonchev–Trinajstić information content (AvgIpc) is 3.07. The van der Waals surface area contributed by atoms with Gasteiger partial charge in [0, 0.05) is 23.1 Å². The fourth-order valence-electron chi connectivity index (χ4n) is 2.57. The molecule has 0 unspecified atom stereocenters. The normalized spacial score (nSPS) is 10.4. The number of non-ortho nitro benzene ring substituents is 1. The number of hydrazine groups is 1. The number of nitrogens with one attached hydrogen (secondary N) is 2. The lowest BCUT2D eigenvalue weighted by molar-refractivity contribution is -0.384. The van der Waals surface area contributed by atoms with Crippen LogP contribution in [-0.4, -0.2) is 21.3 Å². The van der Waals surface area contributed by atoms with E-state index in [1.165, 1.54) is 29.5 Å². The van der Waals surface area contributed by atoms with E-state index in [0.29, 0.717) is 3.95 Å². The lowest BCUT2D eigenvalue weighted by atomic mass is 10.1. The minimum atomic E-state index is -0.658. The second-order valence-electron chi connectivity index (χ2n) is 6.15. The topological polar surface area (TPSA) is 106 Å². The Morgan fingerprint density at radius 1 is 1.17 bits per heavy atom. The highest BCUT2D eigenvalue weighted by atomic mass is 32.1. The molecule has 8 nitrogen and oxygen atoms in total. The lowest BCUT2D eigenvalue weighted by Gasteiger charge is -2.11. The van der Waals surface area contributed by atoms with E-state index >= 15 is 0 Å². The third kappa shape index (κ3) is 4.92. The smallest absolute Gasteiger partial charge is 0.270 e. The molecule has 1 heterocycles. The minimum absolute atomic E-state index is 0.0620. The van der Waals surface area contributed by atoms with Crippen LogP contribution in [0, 0.1) is 21.0 Å². The first-order valence-electron chi connectivity index (χ1n) is 8.44. The van der Waals surface area contributed by atoms with Gasteiger partial charge in [-0.3, -0.25) is 30.6 Å². The summed E-state index contributed by atoms with van der Waals surface area (Å²) < 4.78 is 2.21. The number of hydrogen-bond donors (Lipinski definition) is 2. The summed E-state index contributed by atoms with van der Waals surface area (Å²) in [6.07, 6.45) is 0. The second kappa shape index (κ2) is 8.76. The molecule has 1 aromatic heterocycles. The van der Waals surface area contributed by atoms with Gasteiger partial charge in [-0.25, -0.2) is 0 Å². The van der Waals surface area contributed by atoms with Crippen LogP contribution in [0.3, 0.4) is 0 Å². The van der Waals surface area contributed by atoms with Crippen molar-refractivity contribution in [2.24, 2.45) is 0 Å². The van der Waals surface area contributed by atoms with Crippen LogP contribution >= 0.6 is 23.6 Å². The molecule has 2 amide bonds. The number of nitrogens with zero attached hydrogens (tertiary/aromatic N) is 2. The van der Waals surface area contributed by atoms with Crippen LogP contribution in [0.15, 0.2) is 53.9 Å². The Kier molecular flexibility index (Phi) is 6.15. The molecule has 0 fully saturated rings. The molecule has 0 spiro atoms. The fraction of sp³-hybridized carbons (Fsp3) is 0.105. The highest BCUT2D eigenvalue weighted by Gasteiger charge is 2.14. The first-order chi connectivity index (χ1) is 13.8. The molecular weight excluding hydrogens is 412 g/mol. The zero-order valence-electron chi connectivity index (χ0n) is 15.2. The number of carbonyl (C=O) groups excluding carboxylic acids is 2. The van der Waals surface area contributed by atoms with Crippen molar-refractivity contribution in [1.29, 1.82) is 0 Å². The molecule has 0 saturated carbocycles. The van der Waals surface area contributed by atoms with E-state index in [2.05, 4.69) is 10.9 Å². The van der Waals surface area contributed by atoms with Crippen molar-refractivity contribution in [3.05, 3.63) is 79.1 Å². The summed E-state index contributed by atoms with van der Waals surface area (Å²) in [5, 5.41) is 12.7. The first kappa shape index (κ1) is 20.4. The summed E-state index contributed by atoms with van der Waals surface area (Å²) >= 11 is 6.66. The van der Waals surface area contributed by atoms with E-state index in [4.69, 9.17) is 12.2 Å². The SMILES string of the molecule is Cc1ccc(-c2csc(=S)n2CC(=O)NNC(=O)c2cccc([N+](=O)[O-])c2)cc1. The fourth-order valence-corrected chi connectivity index (χ4v) is 3.65. The number of nitro groups is 1. The number of aromatic nitrogens is 1. The molecule has 0 atom stereocenters. The lowest BCUT2D eigenvalue weighted by Crippen LogP contribution is -2.43. The molecule has 0 saturated heterocycles. The third-order valence-corrected chi connectivity index (χ3v) is 5.34. The predicted octanol–water partition coefficient (Wildman–Crippen LogP) is 3.62. The number of aryl methyl sites for hydroxylation is 1. The molecule has 0 radical (unpaired) electrons. The van der Waals surface area contributed by atoms with Gasteiger partial charge in [-0.15, -0.1) is 11.3 Å². The Hall–Kier alpha value is -3.37. The van der Waals surface area contributed by atoms with Gasteiger partial charge in [-0.1, -0.05) is 35.9 Å². The van der Waals surface area contributed by atoms with E-state index in [0.717, 1.165) is 22.9 Å². The summed E-state index contributed by atoms with van der Waals surface area (Å²) in [4.78, 5) is 34.7. The molecule has 0 bridgehead atoms. The third-order valence-electron chi connectivity index (χ3n) is 4.07. The molecule has 2 N–H and O–H groups in total. The van der Waals surface area contributed by atoms with Crippen LogP contribution < -0.4 is 10.9 Å². The van der Waals surface area contributed by atoms with Crippen molar-refractivity contribution in [2.75, 3.05) is 0 Å². The monoisotopic (exact) mass is 428 g/mol. The molecule has 0 aliphatic carbocycles. The summed E-state index contributed by atoms with van der Waals surface area (Å²) in [5.74, 6) is -1.14. The zero-order valence-corrected chi connectivity index (χ0v) is 16.9. The van der Waals surface area contributed by atoms with Gasteiger partial charge in [-0.05, 0) is 30.8 Å². The van der Waals surface area contributed by atoms with Gasteiger partial charge in [-0.2, -0.15) is 0 Å². The first-order valence-corrected chi connectivity index (χ1v) is 9.73. The van der Waals surface area contributed by atoms with Crippen LogP contribution in [0.25, 0.3) is 11.3 Å². The van der Waals surface area contributed by atoms with Crippen molar-refractivity contribution < 1.29 is 14.5 Å². The molecule has 0 aliphatic heterocycles. The minimum Gasteiger partial charge on any atom is -0.313 e. The maximum absolute atomic E-state index is 12.3. The average molecular weight is 428 g/mol. The highest BCUT2D eigenvalue weighted by Crippen LogP contribution is 2.24. The predicted molar refractivity (Wildman–Crippen MR) is 112 cm³/mol. The van der Waals surface area contributed by atoms with Gasteiger partial charge in [0.15, 0.2) is 3.95 Å². The van der Waals surface area contributed by atoms with E-state index in [9.17, 15) is 19.7 Å². The van der Waals surface area contributed by atoms with Crippen LogP contribution in [0.5, 0.6) is 0 Å². The van der Waals surface area contributed by atoms with Gasteiger partial charge in [0.1, 0.15) is 6.54 Å². The van der Waals surface area contributed by atoms with E-state index in [1.54, 1.807) is 4.57 Å². The number of carbonyl (C=O) groups is 2. The summed E-state index contributed by atoms with van der Waals surface area (Å²) in [6, 6.07) is 13.1. The number of amides is 2. The Balaban J connectivity index is 1.67. The van der Waals surface area contributed by atoms with Crippen molar-refractivity contribution in [3.63, 3.8) is 0 Å². The van der Waals surface area contributed by atoms with Gasteiger partial charge >= 0.3 is 0 Å². The Morgan fingerprint density at radius 2 is 1.90 bits per heavy atom. The van der Waals surface area contributed by atoms with Gasteiger partial charge in [0.2, 0.25) is 0 Å². The molecule has 3 rings (SSSR count). The van der Waals surface area contributed by atoms with Crippen LogP contribution in [-0.2, 0) is 11.3 Å². The van der Waals surface area contributed by atoms with Crippen LogP contribution in [0.4, 0.5) is 5.69 Å². The Labute approximate surface area is 174 Å². The maximum atomic E-state index is 12.3. The summed E-state index contributed by atoms with van der Waals surface area (Å²) in [6.45, 7) is 1.90. The zero-order chi connectivity index (χ0) is 21.0. The number of benzene rings is 2. The van der Waals surface area contributed by atoms with Crippen LogP contribution in [0.1, 0.15) is 15.9 Å². The molecule has 29 heavy (non-hydrogen) atoms. The van der Waals surface area contributed by atoms with Crippen molar-refractivity contribution in [2.45, 2.75) is 13.5 Å². The van der Waals surface area contributed by atoms with Gasteiger partial charge in [0.25, 0.3) is 17.5 Å². The maximum Gasteiger partial charge on any atom is 0.270 e. The largest absolute Gasteiger partial charge is 0.313 e. The van der Waals surface area contributed by atoms with Crippen molar-refractivity contribution >= 4 is 41.1 Å². The van der Waals surface area contributed by atoms with Crippen molar-refractivity contribution in [1.82, 2.24) is 15.4 Å². The Morgan fingerprint density at radius 3 is 2.59 bits per heavy atom. The Bertz CT molecular complexity index is 1140. The van der Waals surface area contributed by atoms with Crippen LogP contribution in [0.2, 0.25) is 0 Å². The van der Waals surface area contributed by atoms with Crippen molar-refractivity contribution in [3.8, 4) is 11.3 Å². The molecule has 2 aromatic carbocycles. The summed E-state index contributed by atoms with van der Waals surface area (Å²) in [7, 11) is 0. The number of nitro benzene ring substituents is 1. The molecule has 0 aliphatic rings. The molecule has 3 aromatic rings. The quantitative estimate of drug-likeness (QED) is 0.367. The standard InChI is InChI=1S/C19H16N4O4S2/c1-12-5-7-13(8-6-12)16-11-29-19(28)22(16)10-17(24)20-21-18(25)14-3-2-4-15(9-14)23(26)27/h2-9,11H,10H2,1H3,(H,20,24)(H,21,25). The highest BCUT2D eigenvalue weighted by molar-refractivity contribution is 7.73. The molecule has 148 valence electrons. The second-order valence-corrected chi connectivity index (χ2v) is 7.65. The van der Waals surface area contributed by atoms with Gasteiger partial charge < -0.3 is 4.57 Å². The number of hydrogen-bond acceptors (Lipinski definition) is 6. The van der Waals surface area contributed by atoms with Gasteiger partial charge in [0.05, 0.1) is 10.6 Å².